The molecule has 0 saturated carbocycles. The molecule has 0 bridgehead atoms. The van der Waals surface area contributed by atoms with E-state index in [1.807, 2.05) is 47.9 Å². The third-order valence-electron chi connectivity index (χ3n) is 6.69. The van der Waals surface area contributed by atoms with Crippen LogP contribution in [0.3, 0.4) is 0 Å². The number of aromatic nitrogens is 2. The van der Waals surface area contributed by atoms with Crippen LogP contribution in [0.25, 0.3) is 16.9 Å². The number of hydrogen-bond donors (Lipinski definition) is 2. The number of imidazole rings is 1. The second kappa shape index (κ2) is 11.1. The monoisotopic (exact) mass is 574 g/mol. The van der Waals surface area contributed by atoms with Crippen LogP contribution < -0.4 is 14.9 Å². The van der Waals surface area contributed by atoms with Gasteiger partial charge in [0, 0.05) is 48.5 Å². The van der Waals surface area contributed by atoms with Crippen LogP contribution in [0.15, 0.2) is 73.2 Å². The molecule has 0 unspecified atom stereocenters. The molecule has 1 aliphatic heterocycles. The topological polar surface area (TPSA) is 125 Å². The number of nitrogens with one attached hydrogen (secondary N) is 2. The minimum absolute atomic E-state index is 0.309. The molecule has 2 aromatic carbocycles. The number of carbonyl (C=O) groups excluding carboxylic acids is 2. The Morgan fingerprint density at radius 3 is 2.46 bits per heavy atom. The second-order valence-electron chi connectivity index (χ2n) is 9.88. The molecule has 212 valence electrons. The Labute approximate surface area is 238 Å². The maximum Gasteiger partial charge on any atom is 0.337 e. The number of carbonyl (C=O) groups is 2. The number of esters is 1. The number of methoxy groups -OCH3 is 1. The normalized spacial score (nSPS) is 14.1. The molecule has 2 N–H and O–H groups in total. The maximum atomic E-state index is 13.4. The molecular weight excluding hydrogens is 544 g/mol. The Balaban J connectivity index is 1.57. The van der Waals surface area contributed by atoms with E-state index in [9.17, 15) is 18.0 Å². The van der Waals surface area contributed by atoms with Gasteiger partial charge in [-0.3, -0.25) is 9.10 Å². The summed E-state index contributed by atoms with van der Waals surface area (Å²) in [4.78, 5) is 31.7. The highest BCUT2D eigenvalue weighted by atomic mass is 32.2. The van der Waals surface area contributed by atoms with Crippen molar-refractivity contribution in [3.63, 3.8) is 0 Å². The fourth-order valence-corrected chi connectivity index (χ4v) is 5.56. The molecule has 2 aromatic heterocycles. The Morgan fingerprint density at radius 2 is 1.78 bits per heavy atom. The molecule has 5 rings (SSSR count). The number of fused-ring (bicyclic) bond motifs is 2. The Bertz CT molecular complexity index is 1780. The lowest BCUT2D eigenvalue weighted by Crippen LogP contribution is -2.35. The van der Waals surface area contributed by atoms with Crippen molar-refractivity contribution in [3.8, 4) is 0 Å². The zero-order chi connectivity index (χ0) is 29.3. The highest BCUT2D eigenvalue weighted by Crippen LogP contribution is 2.38. The number of sulfonamides is 1. The average molecular weight is 575 g/mol. The van der Waals surface area contributed by atoms with Crippen LogP contribution in [0.5, 0.6) is 0 Å². The van der Waals surface area contributed by atoms with Crippen LogP contribution in [0.2, 0.25) is 0 Å². The number of hydrogen-bond acceptors (Lipinski definition) is 8. The fourth-order valence-electron chi connectivity index (χ4n) is 4.65. The van der Waals surface area contributed by atoms with E-state index in [0.29, 0.717) is 52.5 Å². The largest absolute Gasteiger partial charge is 0.465 e. The number of ether oxygens (including phenoxy) is 1. The first-order chi connectivity index (χ1) is 19.5. The second-order valence-corrected chi connectivity index (χ2v) is 11.8. The summed E-state index contributed by atoms with van der Waals surface area (Å²) in [5.74, 6) is -0.837. The predicted molar refractivity (Wildman–Crippen MR) is 159 cm³/mol. The molecule has 1 amide bonds. The van der Waals surface area contributed by atoms with Crippen LogP contribution in [0.1, 0.15) is 21.5 Å². The van der Waals surface area contributed by atoms with E-state index in [1.54, 1.807) is 48.7 Å². The van der Waals surface area contributed by atoms with Crippen LogP contribution in [0, 0.1) is 0 Å². The van der Waals surface area contributed by atoms with Crippen molar-refractivity contribution in [2.45, 2.75) is 0 Å². The fraction of sp³-hybridized carbons (Fsp3) is 0.207. The van der Waals surface area contributed by atoms with Gasteiger partial charge in [-0.15, -0.1) is 0 Å². The number of amides is 1. The molecule has 4 aromatic rings. The van der Waals surface area contributed by atoms with Crippen molar-refractivity contribution in [1.82, 2.24) is 14.3 Å². The number of anilines is 3. The van der Waals surface area contributed by atoms with Crippen LogP contribution >= 0.6 is 0 Å². The first kappa shape index (κ1) is 27.9. The van der Waals surface area contributed by atoms with E-state index in [1.165, 1.54) is 17.7 Å². The Morgan fingerprint density at radius 1 is 1.05 bits per heavy atom. The predicted octanol–water partition coefficient (Wildman–Crippen LogP) is 3.38. The van der Waals surface area contributed by atoms with Crippen LogP contribution in [0.4, 0.5) is 17.1 Å². The van der Waals surface area contributed by atoms with E-state index in [4.69, 9.17) is 4.74 Å². The van der Waals surface area contributed by atoms with Crippen molar-refractivity contribution < 1.29 is 22.7 Å². The lowest BCUT2D eigenvalue weighted by molar-refractivity contribution is -0.110. The Kier molecular flexibility index (Phi) is 7.52. The van der Waals surface area contributed by atoms with Crippen molar-refractivity contribution in [2.24, 2.45) is 0 Å². The molecule has 0 atom stereocenters. The van der Waals surface area contributed by atoms with Crippen LogP contribution in [-0.2, 0) is 19.6 Å². The number of benzene rings is 2. The number of rotatable bonds is 9. The first-order valence-corrected chi connectivity index (χ1v) is 14.6. The molecular formula is C29H30N6O5S. The summed E-state index contributed by atoms with van der Waals surface area (Å²) < 4.78 is 33.0. The zero-order valence-electron chi connectivity index (χ0n) is 23.1. The molecule has 0 aliphatic carbocycles. The van der Waals surface area contributed by atoms with Crippen molar-refractivity contribution >= 4 is 55.9 Å². The standard InChI is InChI=1S/C29H30N6O5S/c1-33(2)15-16-35(41(4,38)39)22-9-7-21(8-10-22)31-27(20-6-12-25-30-13-14-34(25)18-20)26-23-11-5-19(29(37)40-3)17-24(23)32-28(26)36/h5-14,17-18,31H,15-16H2,1-4H3,(H,32,36)/b27-26-. The van der Waals surface area contributed by atoms with Gasteiger partial charge in [0.25, 0.3) is 5.91 Å². The van der Waals surface area contributed by atoms with E-state index in [0.717, 1.165) is 11.2 Å². The van der Waals surface area contributed by atoms with Gasteiger partial charge in [0.15, 0.2) is 0 Å². The molecule has 12 heteroatoms. The summed E-state index contributed by atoms with van der Waals surface area (Å²) in [6.07, 6.45) is 6.56. The quantitative estimate of drug-likeness (QED) is 0.230. The molecule has 0 spiro atoms. The molecule has 41 heavy (non-hydrogen) atoms. The summed E-state index contributed by atoms with van der Waals surface area (Å²) in [7, 11) is 1.58. The highest BCUT2D eigenvalue weighted by molar-refractivity contribution is 7.92. The minimum Gasteiger partial charge on any atom is -0.465 e. The highest BCUT2D eigenvalue weighted by Gasteiger charge is 2.30. The lowest BCUT2D eigenvalue weighted by atomic mass is 9.99. The maximum absolute atomic E-state index is 13.4. The first-order valence-electron chi connectivity index (χ1n) is 12.8. The van der Waals surface area contributed by atoms with Crippen molar-refractivity contribution in [3.05, 3.63) is 89.9 Å². The number of nitrogens with zero attached hydrogens (tertiary/aromatic N) is 4. The average Bonchev–Trinajstić information content (AvgIpc) is 3.53. The van der Waals surface area contributed by atoms with E-state index in [-0.39, 0.29) is 5.91 Å². The van der Waals surface area contributed by atoms with Crippen molar-refractivity contribution in [2.75, 3.05) is 55.5 Å². The Hall–Kier alpha value is -4.68. The SMILES string of the molecule is COC(=O)c1ccc2c(c1)NC(=O)/C2=C(\Nc1ccc(N(CCN(C)C)S(C)(=O)=O)cc1)c1ccc2nccn2c1. The molecule has 11 nitrogen and oxygen atoms in total. The van der Waals surface area contributed by atoms with E-state index < -0.39 is 16.0 Å². The summed E-state index contributed by atoms with van der Waals surface area (Å²) in [6.45, 7) is 0.871. The van der Waals surface area contributed by atoms with E-state index >= 15 is 0 Å². The molecule has 0 radical (unpaired) electrons. The summed E-state index contributed by atoms with van der Waals surface area (Å²) in [6, 6.07) is 15.6. The van der Waals surface area contributed by atoms with Gasteiger partial charge in [0.2, 0.25) is 10.0 Å². The van der Waals surface area contributed by atoms with Gasteiger partial charge in [-0.25, -0.2) is 18.2 Å². The van der Waals surface area contributed by atoms with Crippen molar-refractivity contribution in [1.29, 1.82) is 0 Å². The zero-order valence-corrected chi connectivity index (χ0v) is 23.9. The van der Waals surface area contributed by atoms with Gasteiger partial charge in [-0.1, -0.05) is 6.07 Å². The third kappa shape index (κ3) is 5.79. The van der Waals surface area contributed by atoms with Gasteiger partial charge in [0.1, 0.15) is 5.65 Å². The van der Waals surface area contributed by atoms with Gasteiger partial charge in [-0.05, 0) is 62.6 Å². The molecule has 1 aliphatic rings. The molecule has 0 fully saturated rings. The molecule has 3 heterocycles. The van der Waals surface area contributed by atoms with Crippen LogP contribution in [-0.4, -0.2) is 75.1 Å². The molecule has 0 saturated heterocycles. The van der Waals surface area contributed by atoms with E-state index in [2.05, 4.69) is 15.6 Å². The van der Waals surface area contributed by atoms with Gasteiger partial charge >= 0.3 is 5.97 Å². The smallest absolute Gasteiger partial charge is 0.337 e. The van der Waals surface area contributed by atoms with Gasteiger partial charge < -0.3 is 24.7 Å². The minimum atomic E-state index is -3.49. The van der Waals surface area contributed by atoms with Gasteiger partial charge in [-0.2, -0.15) is 0 Å². The number of likely N-dealkylation sites (N-methyl/N-ethyl adjacent to an activating group) is 1. The summed E-state index contributed by atoms with van der Waals surface area (Å²) in [5, 5.41) is 6.24. The summed E-state index contributed by atoms with van der Waals surface area (Å²) >= 11 is 0. The van der Waals surface area contributed by atoms with Gasteiger partial charge in [0.05, 0.1) is 41.6 Å². The number of pyridine rings is 1. The lowest BCUT2D eigenvalue weighted by Gasteiger charge is -2.24. The third-order valence-corrected chi connectivity index (χ3v) is 7.88. The summed E-state index contributed by atoms with van der Waals surface area (Å²) in [5.41, 5.74) is 5.02.